The predicted molar refractivity (Wildman–Crippen MR) is 116 cm³/mol. The van der Waals surface area contributed by atoms with Gasteiger partial charge in [0.25, 0.3) is 0 Å². The smallest absolute Gasteiger partial charge is 0.335 e. The van der Waals surface area contributed by atoms with E-state index in [1.54, 1.807) is 25.3 Å². The van der Waals surface area contributed by atoms with Crippen LogP contribution in [-0.2, 0) is 12.8 Å². The van der Waals surface area contributed by atoms with Gasteiger partial charge in [0, 0.05) is 12.0 Å². The molecule has 0 aliphatic rings. The van der Waals surface area contributed by atoms with Crippen LogP contribution in [0.1, 0.15) is 34.1 Å². The second-order valence-corrected chi connectivity index (χ2v) is 6.53. The Morgan fingerprint density at radius 2 is 1.90 bits per heavy atom. The number of nitrogen functional groups attached to an aromatic ring is 2. The lowest BCUT2D eigenvalue weighted by Crippen LogP contribution is -2.06. The third-order valence-electron chi connectivity index (χ3n) is 4.58. The van der Waals surface area contributed by atoms with Crippen LogP contribution in [0.3, 0.4) is 0 Å². The molecule has 3 aromatic rings. The van der Waals surface area contributed by atoms with Crippen molar-refractivity contribution >= 4 is 17.7 Å². The van der Waals surface area contributed by atoms with Crippen molar-refractivity contribution in [2.24, 2.45) is 0 Å². The maximum atomic E-state index is 11.3. The van der Waals surface area contributed by atoms with Gasteiger partial charge in [0.1, 0.15) is 11.6 Å². The molecule has 1 heterocycles. The van der Waals surface area contributed by atoms with E-state index >= 15 is 0 Å². The zero-order chi connectivity index (χ0) is 21.7. The molecule has 0 fully saturated rings. The van der Waals surface area contributed by atoms with Crippen LogP contribution in [0.5, 0.6) is 5.75 Å². The van der Waals surface area contributed by atoms with Gasteiger partial charge in [-0.1, -0.05) is 37.0 Å². The number of rotatable bonds is 5. The van der Waals surface area contributed by atoms with Crippen molar-refractivity contribution < 1.29 is 14.6 Å². The molecule has 7 heteroatoms. The predicted octanol–water partition coefficient (Wildman–Crippen LogP) is 3.17. The summed E-state index contributed by atoms with van der Waals surface area (Å²) in [5, 5.41) is 9.23. The maximum Gasteiger partial charge on any atom is 0.335 e. The van der Waals surface area contributed by atoms with Gasteiger partial charge in [0.2, 0.25) is 5.95 Å². The fraction of sp³-hybridized carbons (Fsp3) is 0.174. The van der Waals surface area contributed by atoms with Crippen molar-refractivity contribution in [3.05, 3.63) is 64.8 Å². The topological polar surface area (TPSA) is 124 Å². The van der Waals surface area contributed by atoms with Crippen LogP contribution in [0.4, 0.5) is 11.8 Å². The second-order valence-electron chi connectivity index (χ2n) is 6.53. The van der Waals surface area contributed by atoms with Crippen molar-refractivity contribution in [2.75, 3.05) is 18.6 Å². The number of methoxy groups -OCH3 is 1. The van der Waals surface area contributed by atoms with Crippen LogP contribution in [0.2, 0.25) is 0 Å². The average molecular weight is 402 g/mol. The van der Waals surface area contributed by atoms with Gasteiger partial charge in [-0.2, -0.15) is 4.98 Å². The summed E-state index contributed by atoms with van der Waals surface area (Å²) in [5.41, 5.74) is 15.7. The molecule has 0 amide bonds. The molecule has 2 aromatic carbocycles. The lowest BCUT2D eigenvalue weighted by atomic mass is 9.99. The highest BCUT2D eigenvalue weighted by molar-refractivity contribution is 5.89. The number of anilines is 2. The van der Waals surface area contributed by atoms with Crippen LogP contribution >= 0.6 is 0 Å². The van der Waals surface area contributed by atoms with E-state index in [1.807, 2.05) is 31.2 Å². The first-order valence-electron chi connectivity index (χ1n) is 9.34. The summed E-state index contributed by atoms with van der Waals surface area (Å²) < 4.78 is 5.46. The van der Waals surface area contributed by atoms with E-state index in [1.165, 1.54) is 0 Å². The first-order valence-corrected chi connectivity index (χ1v) is 9.34. The number of hydrogen-bond donors (Lipinski definition) is 3. The van der Waals surface area contributed by atoms with Gasteiger partial charge in [-0.3, -0.25) is 0 Å². The van der Waals surface area contributed by atoms with Crippen molar-refractivity contribution in [2.45, 2.75) is 19.8 Å². The Balaban J connectivity index is 1.95. The molecule has 7 nitrogen and oxygen atoms in total. The standard InChI is InChI=1S/C23H22N4O3/c1-3-19-18(21(24)27-23(25)26-19)9-5-7-16-12-15(10-11-20(16)30-2)14-6-4-8-17(13-14)22(28)29/h4,6,8,10-13H,3,7H2,1-2H3,(H,28,29)(H4,24,25,26,27). The quantitative estimate of drug-likeness (QED) is 0.560. The Bertz CT molecular complexity index is 1160. The highest BCUT2D eigenvalue weighted by Gasteiger charge is 2.10. The number of benzene rings is 2. The van der Waals surface area contributed by atoms with Gasteiger partial charge < -0.3 is 21.3 Å². The molecular formula is C23H22N4O3. The molecule has 0 saturated carbocycles. The Labute approximate surface area is 174 Å². The molecule has 0 aliphatic carbocycles. The van der Waals surface area contributed by atoms with Gasteiger partial charge in [0.05, 0.1) is 23.9 Å². The summed E-state index contributed by atoms with van der Waals surface area (Å²) >= 11 is 0. The molecule has 152 valence electrons. The zero-order valence-corrected chi connectivity index (χ0v) is 16.8. The molecule has 0 radical (unpaired) electrons. The number of carboxylic acid groups (broad SMARTS) is 1. The number of carbonyl (C=O) groups is 1. The molecule has 0 saturated heterocycles. The van der Waals surface area contributed by atoms with Crippen LogP contribution < -0.4 is 16.2 Å². The SMILES string of the molecule is CCc1nc(N)nc(N)c1C#CCc1cc(-c2cccc(C(=O)O)c2)ccc1OC. The molecule has 0 spiro atoms. The maximum absolute atomic E-state index is 11.3. The third kappa shape index (κ3) is 4.50. The van der Waals surface area contributed by atoms with Crippen LogP contribution in [-0.4, -0.2) is 28.2 Å². The van der Waals surface area contributed by atoms with E-state index in [-0.39, 0.29) is 17.3 Å². The lowest BCUT2D eigenvalue weighted by Gasteiger charge is -2.10. The lowest BCUT2D eigenvalue weighted by molar-refractivity contribution is 0.0697. The number of ether oxygens (including phenoxy) is 1. The largest absolute Gasteiger partial charge is 0.496 e. The molecular weight excluding hydrogens is 380 g/mol. The molecule has 0 unspecified atom stereocenters. The number of aryl methyl sites for hydroxylation is 1. The van der Waals surface area contributed by atoms with Crippen LogP contribution in [0.25, 0.3) is 11.1 Å². The summed E-state index contributed by atoms with van der Waals surface area (Å²) in [4.78, 5) is 19.4. The van der Waals surface area contributed by atoms with Gasteiger partial charge in [0.15, 0.2) is 0 Å². The summed E-state index contributed by atoms with van der Waals surface area (Å²) in [6.07, 6.45) is 1.04. The van der Waals surface area contributed by atoms with Gasteiger partial charge in [-0.25, -0.2) is 9.78 Å². The fourth-order valence-corrected chi connectivity index (χ4v) is 3.09. The van der Waals surface area contributed by atoms with E-state index in [4.69, 9.17) is 16.2 Å². The highest BCUT2D eigenvalue weighted by atomic mass is 16.5. The number of nitrogens with zero attached hydrogens (tertiary/aromatic N) is 2. The van der Waals surface area contributed by atoms with Crippen molar-refractivity contribution in [3.63, 3.8) is 0 Å². The van der Waals surface area contributed by atoms with E-state index in [9.17, 15) is 9.90 Å². The molecule has 3 rings (SSSR count). The van der Waals surface area contributed by atoms with Crippen molar-refractivity contribution in [1.29, 1.82) is 0 Å². The summed E-state index contributed by atoms with van der Waals surface area (Å²) in [5.74, 6) is 6.29. The number of nitrogens with two attached hydrogens (primary N) is 2. The Morgan fingerprint density at radius 1 is 1.13 bits per heavy atom. The number of carboxylic acids is 1. The first-order chi connectivity index (χ1) is 14.4. The van der Waals surface area contributed by atoms with Gasteiger partial charge >= 0.3 is 5.97 Å². The second kappa shape index (κ2) is 8.97. The monoisotopic (exact) mass is 402 g/mol. The molecule has 30 heavy (non-hydrogen) atoms. The highest BCUT2D eigenvalue weighted by Crippen LogP contribution is 2.27. The van der Waals surface area contributed by atoms with Gasteiger partial charge in [-0.15, -0.1) is 0 Å². The van der Waals surface area contributed by atoms with E-state index in [0.29, 0.717) is 29.8 Å². The summed E-state index contributed by atoms with van der Waals surface area (Å²) in [6, 6.07) is 12.5. The third-order valence-corrected chi connectivity index (χ3v) is 4.58. The van der Waals surface area contributed by atoms with Gasteiger partial charge in [-0.05, 0) is 41.8 Å². The summed E-state index contributed by atoms with van der Waals surface area (Å²) in [6.45, 7) is 1.95. The first kappa shape index (κ1) is 20.7. The van der Waals surface area contributed by atoms with Crippen molar-refractivity contribution in [1.82, 2.24) is 9.97 Å². The minimum absolute atomic E-state index is 0.132. The number of aromatic carboxylic acids is 1. The fourth-order valence-electron chi connectivity index (χ4n) is 3.09. The van der Waals surface area contributed by atoms with Crippen molar-refractivity contribution in [3.8, 4) is 28.7 Å². The Hall–Kier alpha value is -4.05. The van der Waals surface area contributed by atoms with Crippen LogP contribution in [0.15, 0.2) is 42.5 Å². The summed E-state index contributed by atoms with van der Waals surface area (Å²) in [7, 11) is 1.60. The zero-order valence-electron chi connectivity index (χ0n) is 16.8. The molecule has 5 N–H and O–H groups in total. The minimum Gasteiger partial charge on any atom is -0.496 e. The molecule has 1 aromatic heterocycles. The molecule has 0 bridgehead atoms. The Morgan fingerprint density at radius 3 is 2.60 bits per heavy atom. The van der Waals surface area contributed by atoms with E-state index < -0.39 is 5.97 Å². The van der Waals surface area contributed by atoms with Crippen LogP contribution in [0, 0.1) is 11.8 Å². The number of hydrogen-bond acceptors (Lipinski definition) is 6. The molecule has 0 aliphatic heterocycles. The normalized spacial score (nSPS) is 10.2. The average Bonchev–Trinajstić information content (AvgIpc) is 2.74. The van der Waals surface area contributed by atoms with E-state index in [2.05, 4.69) is 21.8 Å². The minimum atomic E-state index is -0.966. The number of aromatic nitrogens is 2. The van der Waals surface area contributed by atoms with E-state index in [0.717, 1.165) is 16.7 Å². The Kier molecular flexibility index (Phi) is 6.18. The molecule has 0 atom stereocenters.